The third-order valence-corrected chi connectivity index (χ3v) is 3.98. The van der Waals surface area contributed by atoms with Gasteiger partial charge in [0.15, 0.2) is 0 Å². The molecule has 0 atom stereocenters. The van der Waals surface area contributed by atoms with E-state index in [0.717, 1.165) is 15.3 Å². The molecule has 0 unspecified atom stereocenters. The average molecular weight is 251 g/mol. The minimum atomic E-state index is -0.0586. The number of nitrogens with zero attached hydrogens (tertiary/aromatic N) is 2. The predicted molar refractivity (Wildman–Crippen MR) is 69.2 cm³/mol. The maximum atomic E-state index is 12.2. The smallest absolute Gasteiger partial charge is 0.261 e. The van der Waals surface area contributed by atoms with Crippen LogP contribution in [0.15, 0.2) is 22.6 Å². The molecular formula is C11H11N2OS2-. The lowest BCUT2D eigenvalue weighted by atomic mass is 10.2. The van der Waals surface area contributed by atoms with E-state index in [1.54, 1.807) is 6.08 Å². The molecule has 2 heterocycles. The Kier molecular flexibility index (Phi) is 2.82. The van der Waals surface area contributed by atoms with Crippen LogP contribution in [0.25, 0.3) is 10.2 Å². The van der Waals surface area contributed by atoms with Crippen molar-refractivity contribution in [1.29, 1.82) is 0 Å². The molecule has 3 nitrogen and oxygen atoms in total. The topological polar surface area (TPSA) is 34.9 Å². The second kappa shape index (κ2) is 3.99. The van der Waals surface area contributed by atoms with Gasteiger partial charge in [0.05, 0.1) is 5.39 Å². The number of hydrogen-bond donors (Lipinski definition) is 0. The highest BCUT2D eigenvalue weighted by Gasteiger charge is 2.11. The van der Waals surface area contributed by atoms with Gasteiger partial charge in [0.2, 0.25) is 0 Å². The highest BCUT2D eigenvalue weighted by molar-refractivity contribution is 7.58. The van der Waals surface area contributed by atoms with Crippen molar-refractivity contribution in [2.75, 3.05) is 0 Å². The largest absolute Gasteiger partial charge is 0.742 e. The van der Waals surface area contributed by atoms with Gasteiger partial charge in [-0.25, -0.2) is 4.98 Å². The van der Waals surface area contributed by atoms with Gasteiger partial charge in [-0.05, 0) is 24.6 Å². The first-order chi connectivity index (χ1) is 7.56. The predicted octanol–water partition coefficient (Wildman–Crippen LogP) is 2.17. The molecule has 0 N–H and O–H groups in total. The summed E-state index contributed by atoms with van der Waals surface area (Å²) in [6.45, 7) is 7.96. The van der Waals surface area contributed by atoms with E-state index < -0.39 is 0 Å². The Morgan fingerprint density at radius 3 is 2.88 bits per heavy atom. The Bertz CT molecular complexity index is 625. The molecule has 0 radical (unpaired) electrons. The molecule has 0 aliphatic carbocycles. The van der Waals surface area contributed by atoms with E-state index in [1.165, 1.54) is 15.9 Å². The highest BCUT2D eigenvalue weighted by Crippen LogP contribution is 2.26. The van der Waals surface area contributed by atoms with Crippen molar-refractivity contribution < 1.29 is 0 Å². The van der Waals surface area contributed by atoms with Crippen molar-refractivity contribution >= 4 is 34.2 Å². The van der Waals surface area contributed by atoms with E-state index in [9.17, 15) is 4.79 Å². The van der Waals surface area contributed by atoms with Gasteiger partial charge < -0.3 is 17.2 Å². The molecule has 0 amide bonds. The zero-order valence-electron chi connectivity index (χ0n) is 9.11. The summed E-state index contributed by atoms with van der Waals surface area (Å²) in [6.07, 6.45) is 1.65. The first-order valence-electron chi connectivity index (χ1n) is 4.84. The lowest BCUT2D eigenvalue weighted by molar-refractivity contribution is 0.674. The highest BCUT2D eigenvalue weighted by atomic mass is 32.1. The van der Waals surface area contributed by atoms with Gasteiger partial charge in [-0.2, -0.15) is 0 Å². The van der Waals surface area contributed by atoms with Crippen molar-refractivity contribution in [3.8, 4) is 0 Å². The van der Waals surface area contributed by atoms with Crippen LogP contribution in [0.1, 0.15) is 10.4 Å². The molecule has 5 heteroatoms. The maximum absolute atomic E-state index is 12.2. The molecule has 2 aromatic rings. The normalized spacial score (nSPS) is 10.9. The van der Waals surface area contributed by atoms with Crippen LogP contribution < -0.4 is 5.56 Å². The van der Waals surface area contributed by atoms with Gasteiger partial charge in [-0.15, -0.1) is 17.9 Å². The molecule has 0 spiro atoms. The minimum absolute atomic E-state index is 0.0586. The summed E-state index contributed by atoms with van der Waals surface area (Å²) in [5.74, 6) is 0. The van der Waals surface area contributed by atoms with Gasteiger partial charge in [-0.3, -0.25) is 4.79 Å². The minimum Gasteiger partial charge on any atom is -0.742 e. The summed E-state index contributed by atoms with van der Waals surface area (Å²) in [4.78, 5) is 18.3. The third kappa shape index (κ3) is 1.56. The average Bonchev–Trinajstić information content (AvgIpc) is 2.49. The van der Waals surface area contributed by atoms with Crippen molar-refractivity contribution in [3.05, 3.63) is 33.4 Å². The maximum Gasteiger partial charge on any atom is 0.261 e. The summed E-state index contributed by atoms with van der Waals surface area (Å²) in [7, 11) is 0. The molecule has 0 saturated heterocycles. The lowest BCUT2D eigenvalue weighted by Gasteiger charge is -2.13. The Morgan fingerprint density at radius 1 is 1.56 bits per heavy atom. The van der Waals surface area contributed by atoms with Gasteiger partial charge in [0.25, 0.3) is 5.56 Å². The van der Waals surface area contributed by atoms with Crippen LogP contribution in [-0.4, -0.2) is 9.55 Å². The SMILES string of the molecule is C=CCn1c([S-])nc2sc(C)c(C)c2c1=O. The summed E-state index contributed by atoms with van der Waals surface area (Å²) < 4.78 is 1.48. The number of hydrogen-bond acceptors (Lipinski definition) is 4. The van der Waals surface area contributed by atoms with E-state index in [0.29, 0.717) is 17.1 Å². The van der Waals surface area contributed by atoms with Crippen molar-refractivity contribution in [2.45, 2.75) is 25.5 Å². The molecule has 0 aliphatic rings. The fraction of sp³-hybridized carbons (Fsp3) is 0.273. The van der Waals surface area contributed by atoms with E-state index in [-0.39, 0.29) is 5.56 Å². The second-order valence-corrected chi connectivity index (χ2v) is 5.13. The molecule has 0 saturated carbocycles. The fourth-order valence-electron chi connectivity index (χ4n) is 1.60. The molecule has 2 rings (SSSR count). The fourth-order valence-corrected chi connectivity index (χ4v) is 2.93. The summed E-state index contributed by atoms with van der Waals surface area (Å²) in [5, 5.41) is 1.02. The van der Waals surface area contributed by atoms with Gasteiger partial charge >= 0.3 is 0 Å². The zero-order chi connectivity index (χ0) is 11.9. The Hall–Kier alpha value is -1.20. The summed E-state index contributed by atoms with van der Waals surface area (Å²) >= 11 is 6.61. The molecule has 0 bridgehead atoms. The number of thiophene rings is 1. The Morgan fingerprint density at radius 2 is 2.25 bits per heavy atom. The first-order valence-corrected chi connectivity index (χ1v) is 6.07. The van der Waals surface area contributed by atoms with Crippen LogP contribution in [-0.2, 0) is 19.2 Å². The van der Waals surface area contributed by atoms with Crippen molar-refractivity contribution in [3.63, 3.8) is 0 Å². The number of aromatic nitrogens is 2. The van der Waals surface area contributed by atoms with Gasteiger partial charge in [0, 0.05) is 11.4 Å². The number of aryl methyl sites for hydroxylation is 2. The standard InChI is InChI=1S/C11H12N2OS2/c1-4-5-13-10(14)8-6(2)7(3)16-9(8)12-11(13)15/h4H,1,5H2,2-3H3,(H,12,15)/p-1. The first kappa shape index (κ1) is 11.3. The van der Waals surface area contributed by atoms with Gasteiger partial charge in [-0.1, -0.05) is 6.08 Å². The molecule has 0 aliphatic heterocycles. The van der Waals surface area contributed by atoms with E-state index in [4.69, 9.17) is 12.6 Å². The number of fused-ring (bicyclic) bond motifs is 1. The van der Waals surface area contributed by atoms with Crippen LogP contribution in [0.3, 0.4) is 0 Å². The number of rotatable bonds is 2. The molecule has 84 valence electrons. The molecular weight excluding hydrogens is 240 g/mol. The zero-order valence-corrected chi connectivity index (χ0v) is 10.7. The summed E-state index contributed by atoms with van der Waals surface area (Å²) in [5.41, 5.74) is 0.946. The Labute approximate surface area is 103 Å². The van der Waals surface area contributed by atoms with Crippen LogP contribution in [0.4, 0.5) is 0 Å². The summed E-state index contributed by atoms with van der Waals surface area (Å²) in [6, 6.07) is 0. The van der Waals surface area contributed by atoms with E-state index >= 15 is 0 Å². The lowest BCUT2D eigenvalue weighted by Crippen LogP contribution is -2.22. The molecule has 16 heavy (non-hydrogen) atoms. The van der Waals surface area contributed by atoms with Crippen LogP contribution in [0.5, 0.6) is 0 Å². The third-order valence-electron chi connectivity index (χ3n) is 2.57. The number of allylic oxidation sites excluding steroid dienone is 1. The van der Waals surface area contributed by atoms with Crippen LogP contribution in [0.2, 0.25) is 0 Å². The molecule has 0 fully saturated rings. The molecule has 2 aromatic heterocycles. The molecule has 0 aromatic carbocycles. The van der Waals surface area contributed by atoms with Crippen LogP contribution in [0, 0.1) is 13.8 Å². The van der Waals surface area contributed by atoms with Crippen LogP contribution >= 0.6 is 11.3 Å². The second-order valence-electron chi connectivity index (χ2n) is 3.56. The quantitative estimate of drug-likeness (QED) is 0.466. The Balaban J connectivity index is 2.90. The van der Waals surface area contributed by atoms with E-state index in [2.05, 4.69) is 11.6 Å². The van der Waals surface area contributed by atoms with E-state index in [1.807, 2.05) is 13.8 Å². The van der Waals surface area contributed by atoms with Crippen molar-refractivity contribution in [2.24, 2.45) is 0 Å². The van der Waals surface area contributed by atoms with Crippen molar-refractivity contribution in [1.82, 2.24) is 9.55 Å². The monoisotopic (exact) mass is 251 g/mol. The van der Waals surface area contributed by atoms with Gasteiger partial charge in [0.1, 0.15) is 4.83 Å².